The number of para-hydroxylation sites is 1. The van der Waals surface area contributed by atoms with Crippen LogP contribution >= 0.6 is 11.3 Å². The lowest BCUT2D eigenvalue weighted by atomic mass is 9.91. The van der Waals surface area contributed by atoms with Crippen LogP contribution in [0.4, 0.5) is 17.2 Å². The molecule has 1 aromatic carbocycles. The van der Waals surface area contributed by atoms with E-state index in [1.165, 1.54) is 16.2 Å². The first-order chi connectivity index (χ1) is 37.3. The highest BCUT2D eigenvalue weighted by Gasteiger charge is 2.45. The number of piperidine rings is 1. The number of piperazine rings is 1. The summed E-state index contributed by atoms with van der Waals surface area (Å²) < 4.78 is 24.7. The van der Waals surface area contributed by atoms with Crippen LogP contribution in [0.25, 0.3) is 21.8 Å². The first kappa shape index (κ1) is 52.1. The number of β-amino-alcohol motifs (C(OH)–C–C–N with tert-alkyl or cyclic N) is 1. The van der Waals surface area contributed by atoms with Crippen molar-refractivity contribution >= 4 is 40.3 Å². The highest BCUT2D eigenvalue weighted by Crippen LogP contribution is 2.41. The lowest BCUT2D eigenvalue weighted by Gasteiger charge is -2.43. The second kappa shape index (κ2) is 22.5. The summed E-state index contributed by atoms with van der Waals surface area (Å²) in [6.45, 7) is 12.0. The van der Waals surface area contributed by atoms with Crippen LogP contribution in [0.2, 0.25) is 0 Å². The van der Waals surface area contributed by atoms with Gasteiger partial charge in [0.15, 0.2) is 11.6 Å². The summed E-state index contributed by atoms with van der Waals surface area (Å²) in [6, 6.07) is 17.8. The van der Waals surface area contributed by atoms with Crippen molar-refractivity contribution in [3.63, 3.8) is 0 Å². The van der Waals surface area contributed by atoms with Gasteiger partial charge in [-0.25, -0.2) is 9.97 Å². The van der Waals surface area contributed by atoms with Gasteiger partial charge in [-0.05, 0) is 87.0 Å². The summed E-state index contributed by atoms with van der Waals surface area (Å²) in [5, 5.41) is 45.6. The van der Waals surface area contributed by atoms with Gasteiger partial charge in [0.2, 0.25) is 17.7 Å². The zero-order chi connectivity index (χ0) is 53.3. The van der Waals surface area contributed by atoms with Crippen LogP contribution in [0.5, 0.6) is 17.5 Å². The molecule has 22 heteroatoms. The molecule has 21 nitrogen and oxygen atoms in total. The molecule has 6 atom stereocenters. The number of nitrogens with zero attached hydrogens (tertiary/aromatic N) is 11. The third-order valence-corrected chi connectivity index (χ3v) is 16.8. The van der Waals surface area contributed by atoms with Crippen LogP contribution in [-0.2, 0) is 14.3 Å². The largest absolute Gasteiger partial charge is 0.507 e. The molecule has 406 valence electrons. The molecule has 6 aromatic rings. The molecule has 5 fully saturated rings. The number of phenols is 1. The third-order valence-electron chi connectivity index (χ3n) is 15.8. The molecule has 1 saturated carbocycles. The number of hydrogen-bond donors (Lipinski definition) is 4. The number of nitrogens with one attached hydrogen (secondary N) is 1. The Morgan fingerprint density at radius 3 is 2.38 bits per heavy atom. The van der Waals surface area contributed by atoms with Crippen LogP contribution in [0, 0.1) is 12.8 Å². The molecule has 4 aliphatic heterocycles. The Morgan fingerprint density at radius 1 is 0.870 bits per heavy atom. The maximum atomic E-state index is 14.2. The number of ether oxygens (including phenoxy) is 3. The summed E-state index contributed by atoms with van der Waals surface area (Å²) in [5.74, 6) is 0.165. The van der Waals surface area contributed by atoms with E-state index in [1.54, 1.807) is 23.7 Å². The Bertz CT molecular complexity index is 3010. The average Bonchev–Trinajstić information content (AvgIpc) is 4.22. The van der Waals surface area contributed by atoms with Crippen molar-refractivity contribution in [2.24, 2.45) is 5.92 Å². The summed E-state index contributed by atoms with van der Waals surface area (Å²) in [6.07, 6.45) is 7.12. The van der Waals surface area contributed by atoms with Gasteiger partial charge < -0.3 is 54.7 Å². The molecule has 5 N–H and O–H groups in total. The van der Waals surface area contributed by atoms with E-state index in [0.717, 1.165) is 86.6 Å². The summed E-state index contributed by atoms with van der Waals surface area (Å²) in [4.78, 5) is 46.4. The molecule has 2 amide bonds. The van der Waals surface area contributed by atoms with Crippen molar-refractivity contribution in [3.05, 3.63) is 89.5 Å². The minimum atomic E-state index is -0.878. The number of nitrogen functional groups attached to an aromatic ring is 1. The molecule has 5 aromatic heterocycles. The number of aliphatic hydroxyl groups is 1. The van der Waals surface area contributed by atoms with Gasteiger partial charge in [-0.2, -0.15) is 5.10 Å². The SMILES string of the molecule is Cc1ncsc1-c1ccc([C@@H](C)NC(=O)[C@@H]2C[C@@H](O)CN2C(=O)[C@@H](c2cc(OCCN3CCC(OC4CC(Oc5cc(N6C7CC[C@@H]6CN(c6cc(-c8ccccc8O)nnc6N)C7)ccn5)C4)CC3)no2)C(C)C)nn1. The number of carbonyl (C=O) groups excluding carboxylic acids is 2. The fourth-order valence-corrected chi connectivity index (χ4v) is 12.4. The molecule has 77 heavy (non-hydrogen) atoms. The van der Waals surface area contributed by atoms with Crippen LogP contribution < -0.4 is 30.3 Å². The number of nitrogens with two attached hydrogens (primary N) is 1. The summed E-state index contributed by atoms with van der Waals surface area (Å²) in [7, 11) is 0. The molecule has 1 aliphatic carbocycles. The van der Waals surface area contributed by atoms with Crippen molar-refractivity contribution in [1.29, 1.82) is 0 Å². The van der Waals surface area contributed by atoms with E-state index >= 15 is 0 Å². The highest BCUT2D eigenvalue weighted by molar-refractivity contribution is 7.13. The maximum absolute atomic E-state index is 14.2. The van der Waals surface area contributed by atoms with E-state index in [0.29, 0.717) is 59.1 Å². The van der Waals surface area contributed by atoms with Gasteiger partial charge in [0.25, 0.3) is 5.88 Å². The molecule has 0 spiro atoms. The normalized spacial score (nSPS) is 23.5. The van der Waals surface area contributed by atoms with Crippen molar-refractivity contribution in [3.8, 4) is 39.3 Å². The average molecular weight is 1070 g/mol. The first-order valence-electron chi connectivity index (χ1n) is 26.9. The Balaban J connectivity index is 0.601. The van der Waals surface area contributed by atoms with E-state index < -0.39 is 24.1 Å². The third kappa shape index (κ3) is 11.4. The number of hydrogen-bond acceptors (Lipinski definition) is 20. The van der Waals surface area contributed by atoms with Crippen molar-refractivity contribution < 1.29 is 38.5 Å². The van der Waals surface area contributed by atoms with Crippen LogP contribution in [0.1, 0.15) is 94.8 Å². The van der Waals surface area contributed by atoms with E-state index in [2.05, 4.69) is 67.7 Å². The number of phenolic OH excluding ortho intramolecular Hbond substituents is 1. The fourth-order valence-electron chi connectivity index (χ4n) is 11.7. The van der Waals surface area contributed by atoms with E-state index in [1.807, 2.05) is 64.2 Å². The number of amides is 2. The lowest BCUT2D eigenvalue weighted by Crippen LogP contribution is -2.54. The monoisotopic (exact) mass is 1070 g/mol. The molecular formula is C55H67N13O8S. The number of aromatic hydroxyl groups is 1. The first-order valence-corrected chi connectivity index (χ1v) is 27.8. The molecular weight excluding hydrogens is 1000 g/mol. The van der Waals surface area contributed by atoms with Crippen LogP contribution in [0.3, 0.4) is 0 Å². The second-order valence-corrected chi connectivity index (χ2v) is 22.3. The lowest BCUT2D eigenvalue weighted by molar-refractivity contribution is -0.141. The van der Waals surface area contributed by atoms with Gasteiger partial charge in [0, 0.05) is 100 Å². The fraction of sp³-hybridized carbons (Fsp3) is 0.509. The smallest absolute Gasteiger partial charge is 0.254 e. The summed E-state index contributed by atoms with van der Waals surface area (Å²) >= 11 is 1.49. The van der Waals surface area contributed by atoms with E-state index in [9.17, 15) is 19.8 Å². The Morgan fingerprint density at radius 2 is 1.65 bits per heavy atom. The van der Waals surface area contributed by atoms with Gasteiger partial charge in [-0.1, -0.05) is 26.0 Å². The number of pyridine rings is 1. The predicted octanol–water partition coefficient (Wildman–Crippen LogP) is 5.94. The Labute approximate surface area is 451 Å². The standard InChI is InChI=1S/C55H67N13O8S/c1-31(2)51(55(72)67-29-37(69)22-46(67)54(71)59-32(3)42-11-12-43(61-60-42)52-33(4)58-30-77-52)48-26-50(64-76-48)73-20-19-65-17-14-38(15-18-65)74-39-23-40(24-39)75-49-21-34(13-16-57-49)68-35-9-10-36(68)28-66(27-35)45-25-44(62-63-53(45)56)41-7-5-6-8-47(41)70/h5-8,11-13,16,21,25-26,30-32,35-40,46,51,69-70H,9-10,14-15,17-20,22-24,27-29H2,1-4H3,(H2,56,63)(H,59,71)/t32-,35-,36?,37-,39?,40?,46+,51-/m1/s1. The molecule has 5 aliphatic rings. The molecule has 9 heterocycles. The number of fused-ring (bicyclic) bond motifs is 2. The van der Waals surface area contributed by atoms with Crippen molar-refractivity contribution in [1.82, 2.24) is 50.6 Å². The van der Waals surface area contributed by atoms with Crippen LogP contribution in [0.15, 0.2) is 76.9 Å². The topological polar surface area (TPSA) is 257 Å². The van der Waals surface area contributed by atoms with Gasteiger partial charge in [0.05, 0.1) is 57.5 Å². The quantitative estimate of drug-likeness (QED) is 0.0776. The van der Waals surface area contributed by atoms with Gasteiger partial charge >= 0.3 is 0 Å². The predicted molar refractivity (Wildman–Crippen MR) is 287 cm³/mol. The van der Waals surface area contributed by atoms with Crippen LogP contribution in [-0.4, -0.2) is 156 Å². The molecule has 2 bridgehead atoms. The molecule has 1 unspecified atom stereocenters. The number of benzene rings is 1. The van der Waals surface area contributed by atoms with Gasteiger partial charge in [-0.3, -0.25) is 14.5 Å². The number of anilines is 3. The Kier molecular flexibility index (Phi) is 15.2. The number of likely N-dealkylation sites (tertiary alicyclic amines) is 2. The van der Waals surface area contributed by atoms with Crippen molar-refractivity contribution in [2.45, 2.75) is 127 Å². The maximum Gasteiger partial charge on any atom is 0.254 e. The van der Waals surface area contributed by atoms with Gasteiger partial charge in [0.1, 0.15) is 36.1 Å². The number of aryl methyl sites for hydroxylation is 1. The summed E-state index contributed by atoms with van der Waals surface area (Å²) in [5.41, 5.74) is 13.5. The van der Waals surface area contributed by atoms with Gasteiger partial charge in [-0.15, -0.1) is 26.6 Å². The number of rotatable bonds is 18. The number of aliphatic hydroxyl groups excluding tert-OH is 1. The molecule has 0 radical (unpaired) electrons. The minimum absolute atomic E-state index is 0.0249. The zero-order valence-electron chi connectivity index (χ0n) is 43.9. The second-order valence-electron chi connectivity index (χ2n) is 21.5. The number of thiazole rings is 1. The zero-order valence-corrected chi connectivity index (χ0v) is 44.7. The number of carbonyl (C=O) groups is 2. The minimum Gasteiger partial charge on any atom is -0.507 e. The highest BCUT2D eigenvalue weighted by atomic mass is 32.1. The molecule has 11 rings (SSSR count). The van der Waals surface area contributed by atoms with E-state index in [4.69, 9.17) is 24.5 Å². The van der Waals surface area contributed by atoms with E-state index in [-0.39, 0.29) is 66.8 Å². The number of aromatic nitrogens is 7. The Hall–Kier alpha value is -7.01. The molecule has 4 saturated heterocycles. The van der Waals surface area contributed by atoms with Crippen molar-refractivity contribution in [2.75, 3.05) is 61.4 Å².